The van der Waals surface area contributed by atoms with Crippen LogP contribution in [0.1, 0.15) is 25.0 Å². The monoisotopic (exact) mass is 671 g/mol. The average molecular weight is 672 g/mol. The molecule has 246 valence electrons. The third-order valence-corrected chi connectivity index (χ3v) is 12.3. The predicted octanol–water partition coefficient (Wildman–Crippen LogP) is 14.2. The molecule has 0 saturated carbocycles. The Bertz CT molecular complexity index is 3160. The first-order valence-corrected chi connectivity index (χ1v) is 18.6. The Morgan fingerprint density at radius 2 is 0.736 bits per heavy atom. The first-order valence-electron chi connectivity index (χ1n) is 18.6. The summed E-state index contributed by atoms with van der Waals surface area (Å²) in [6, 6.07) is 59.1. The molecule has 0 aliphatic heterocycles. The lowest BCUT2D eigenvalue weighted by Gasteiger charge is -2.22. The van der Waals surface area contributed by atoms with Crippen molar-refractivity contribution in [2.75, 3.05) is 0 Å². The van der Waals surface area contributed by atoms with Crippen LogP contribution in [0, 0.1) is 0 Å². The normalized spacial score (nSPS) is 13.6. The van der Waals surface area contributed by atoms with Crippen molar-refractivity contribution in [1.29, 1.82) is 0 Å². The van der Waals surface area contributed by atoms with Gasteiger partial charge in [-0.15, -0.1) is 0 Å². The Morgan fingerprint density at radius 1 is 0.340 bits per heavy atom. The van der Waals surface area contributed by atoms with Gasteiger partial charge in [-0.2, -0.15) is 0 Å². The Hall–Kier alpha value is -6.57. The number of aromatic nitrogens is 1. The van der Waals surface area contributed by atoms with Gasteiger partial charge in [0.25, 0.3) is 0 Å². The molecule has 1 aliphatic rings. The van der Waals surface area contributed by atoms with Crippen molar-refractivity contribution in [3.8, 4) is 44.6 Å². The fourth-order valence-electron chi connectivity index (χ4n) is 9.65. The molecule has 1 aliphatic carbocycles. The van der Waals surface area contributed by atoms with Gasteiger partial charge in [0.2, 0.25) is 0 Å². The molecule has 0 spiro atoms. The summed E-state index contributed by atoms with van der Waals surface area (Å²) in [7, 11) is 0. The Labute approximate surface area is 307 Å². The third-order valence-electron chi connectivity index (χ3n) is 12.3. The average Bonchev–Trinajstić information content (AvgIpc) is 3.43. The molecule has 0 saturated heterocycles. The van der Waals surface area contributed by atoms with Gasteiger partial charge in [0.15, 0.2) is 0 Å². The number of rotatable bonds is 3. The van der Waals surface area contributed by atoms with E-state index in [4.69, 9.17) is 4.98 Å². The van der Waals surface area contributed by atoms with E-state index in [2.05, 4.69) is 172 Å². The Morgan fingerprint density at radius 3 is 1.21 bits per heavy atom. The fraction of sp³-hybridized carbons (Fsp3) is 0.0577. The maximum atomic E-state index is 5.04. The highest BCUT2D eigenvalue weighted by atomic mass is 14.7. The van der Waals surface area contributed by atoms with Crippen molar-refractivity contribution in [2.45, 2.75) is 19.3 Å². The molecule has 10 aromatic carbocycles. The number of benzene rings is 10. The lowest BCUT2D eigenvalue weighted by atomic mass is 9.81. The van der Waals surface area contributed by atoms with Gasteiger partial charge in [0.1, 0.15) is 0 Å². The second-order valence-electron chi connectivity index (χ2n) is 15.6. The van der Waals surface area contributed by atoms with E-state index in [-0.39, 0.29) is 5.41 Å². The minimum absolute atomic E-state index is 0.142. The fourth-order valence-corrected chi connectivity index (χ4v) is 9.65. The molecule has 0 atom stereocenters. The minimum Gasteiger partial charge on any atom is -0.256 e. The lowest BCUT2D eigenvalue weighted by Crippen LogP contribution is -2.15. The van der Waals surface area contributed by atoms with Crippen molar-refractivity contribution in [3.63, 3.8) is 0 Å². The zero-order chi connectivity index (χ0) is 35.0. The SMILES string of the molecule is CC1(C)c2cc(-c3cc4ccc5cccc6ccc(c3)c4c56)ccc2-c2ccc(-c3ccc(-c4cc5ccc6cccc7ccc(c4)c5c67)cn3)cc21. The summed E-state index contributed by atoms with van der Waals surface area (Å²) in [6.07, 6.45) is 2.04. The molecular weight excluding hydrogens is 639 g/mol. The summed E-state index contributed by atoms with van der Waals surface area (Å²) < 4.78 is 0. The van der Waals surface area contributed by atoms with Crippen LogP contribution in [0.4, 0.5) is 0 Å². The molecule has 53 heavy (non-hydrogen) atoms. The molecule has 0 bridgehead atoms. The Kier molecular flexibility index (Phi) is 5.63. The van der Waals surface area contributed by atoms with Gasteiger partial charge >= 0.3 is 0 Å². The van der Waals surface area contributed by atoms with Gasteiger partial charge in [-0.25, -0.2) is 0 Å². The van der Waals surface area contributed by atoms with Crippen LogP contribution in [-0.4, -0.2) is 4.98 Å². The first-order chi connectivity index (χ1) is 26.0. The van der Waals surface area contributed by atoms with E-state index in [9.17, 15) is 0 Å². The third kappa shape index (κ3) is 4.05. The summed E-state index contributed by atoms with van der Waals surface area (Å²) in [5.41, 5.74) is 12.2. The van der Waals surface area contributed by atoms with Crippen LogP contribution in [0.25, 0.3) is 109 Å². The number of pyridine rings is 1. The molecule has 11 aromatic rings. The highest BCUT2D eigenvalue weighted by Crippen LogP contribution is 2.51. The van der Waals surface area contributed by atoms with Gasteiger partial charge in [-0.1, -0.05) is 129 Å². The van der Waals surface area contributed by atoms with E-state index in [0.29, 0.717) is 0 Å². The van der Waals surface area contributed by atoms with E-state index in [1.54, 1.807) is 0 Å². The van der Waals surface area contributed by atoms with Crippen LogP contribution in [0.2, 0.25) is 0 Å². The maximum Gasteiger partial charge on any atom is 0.0702 e. The number of nitrogens with zero attached hydrogens (tertiary/aromatic N) is 1. The van der Waals surface area contributed by atoms with E-state index in [0.717, 1.165) is 16.8 Å². The van der Waals surface area contributed by atoms with Crippen LogP contribution in [0.5, 0.6) is 0 Å². The first kappa shape index (κ1) is 29.1. The largest absolute Gasteiger partial charge is 0.256 e. The van der Waals surface area contributed by atoms with Crippen molar-refractivity contribution in [3.05, 3.63) is 175 Å². The number of fused-ring (bicyclic) bond motifs is 3. The van der Waals surface area contributed by atoms with Gasteiger partial charge in [0, 0.05) is 22.7 Å². The molecule has 1 nitrogen and oxygen atoms in total. The van der Waals surface area contributed by atoms with Crippen LogP contribution >= 0.6 is 0 Å². The highest BCUT2D eigenvalue weighted by Gasteiger charge is 2.36. The van der Waals surface area contributed by atoms with Crippen molar-refractivity contribution in [1.82, 2.24) is 4.98 Å². The maximum absolute atomic E-state index is 5.04. The molecule has 12 rings (SSSR count). The second-order valence-corrected chi connectivity index (χ2v) is 15.6. The molecule has 0 amide bonds. The van der Waals surface area contributed by atoms with Crippen molar-refractivity contribution >= 4 is 64.6 Å². The van der Waals surface area contributed by atoms with Crippen LogP contribution in [0.3, 0.4) is 0 Å². The van der Waals surface area contributed by atoms with Gasteiger partial charge in [-0.3, -0.25) is 4.98 Å². The zero-order valence-corrected chi connectivity index (χ0v) is 29.5. The predicted molar refractivity (Wildman–Crippen MR) is 226 cm³/mol. The van der Waals surface area contributed by atoms with Crippen molar-refractivity contribution in [2.24, 2.45) is 0 Å². The summed E-state index contributed by atoms with van der Waals surface area (Å²) in [5.74, 6) is 0. The van der Waals surface area contributed by atoms with E-state index in [1.165, 1.54) is 104 Å². The molecule has 0 N–H and O–H groups in total. The van der Waals surface area contributed by atoms with Crippen LogP contribution in [-0.2, 0) is 5.41 Å². The molecule has 1 aromatic heterocycles. The van der Waals surface area contributed by atoms with Crippen LogP contribution in [0.15, 0.2) is 164 Å². The lowest BCUT2D eigenvalue weighted by molar-refractivity contribution is 0.661. The summed E-state index contributed by atoms with van der Waals surface area (Å²) in [4.78, 5) is 5.04. The molecule has 1 heteroatoms. The summed E-state index contributed by atoms with van der Waals surface area (Å²) >= 11 is 0. The van der Waals surface area contributed by atoms with Crippen LogP contribution < -0.4 is 0 Å². The van der Waals surface area contributed by atoms with Crippen molar-refractivity contribution < 1.29 is 0 Å². The summed E-state index contributed by atoms with van der Waals surface area (Å²) in [6.45, 7) is 4.74. The van der Waals surface area contributed by atoms with Gasteiger partial charge in [0.05, 0.1) is 5.69 Å². The van der Waals surface area contributed by atoms with Gasteiger partial charge in [-0.05, 0) is 146 Å². The number of hydrogen-bond acceptors (Lipinski definition) is 1. The van der Waals surface area contributed by atoms with E-state index < -0.39 is 0 Å². The quantitative estimate of drug-likeness (QED) is 0.170. The molecular formula is C52H33N. The standard InChI is InChI=1S/C52H33N/c1-52(2)45-27-34(41-23-36-13-9-30-5-3-6-31-10-14-37(24-41)50(36)48(30)31)17-20-43(45)44-21-18-35(28-46(44)52)47-22-19-40(29-53-47)42-25-38-15-11-32-7-4-8-33-12-16-39(26-42)51(38)49(32)33/h3-29H,1-2H3. The highest BCUT2D eigenvalue weighted by molar-refractivity contribution is 6.25. The number of hydrogen-bond donors (Lipinski definition) is 0. The molecule has 0 unspecified atom stereocenters. The minimum atomic E-state index is -0.142. The van der Waals surface area contributed by atoms with E-state index >= 15 is 0 Å². The molecule has 1 heterocycles. The topological polar surface area (TPSA) is 12.9 Å². The smallest absolute Gasteiger partial charge is 0.0702 e. The molecule has 0 radical (unpaired) electrons. The van der Waals surface area contributed by atoms with E-state index in [1.807, 2.05) is 6.20 Å². The zero-order valence-electron chi connectivity index (χ0n) is 29.5. The Balaban J connectivity index is 0.893. The van der Waals surface area contributed by atoms with Gasteiger partial charge < -0.3 is 0 Å². The summed E-state index contributed by atoms with van der Waals surface area (Å²) in [5, 5.41) is 15.8. The second kappa shape index (κ2) is 10.3. The molecule has 0 fully saturated rings.